The van der Waals surface area contributed by atoms with Gasteiger partial charge in [-0.15, -0.1) is 0 Å². The first-order chi connectivity index (χ1) is 9.22. The summed E-state index contributed by atoms with van der Waals surface area (Å²) < 4.78 is 11.5. The lowest BCUT2D eigenvalue weighted by Crippen LogP contribution is -2.07. The number of methoxy groups -OCH3 is 1. The van der Waals surface area contributed by atoms with Crippen molar-refractivity contribution in [3.8, 4) is 16.9 Å². The molecule has 0 bridgehead atoms. The number of aromatic nitrogens is 1. The third-order valence-electron chi connectivity index (χ3n) is 3.63. The van der Waals surface area contributed by atoms with Crippen molar-refractivity contribution in [1.29, 1.82) is 0 Å². The van der Waals surface area contributed by atoms with Crippen molar-refractivity contribution < 1.29 is 9.26 Å². The fourth-order valence-corrected chi connectivity index (χ4v) is 3.41. The SMILES string of the molecule is COc1c(Br)cc2c(c1-c1cnoc1N)CCCC2. The molecule has 3 rings (SSSR count). The molecule has 19 heavy (non-hydrogen) atoms. The zero-order valence-electron chi connectivity index (χ0n) is 10.7. The molecular weight excluding hydrogens is 308 g/mol. The monoisotopic (exact) mass is 322 g/mol. The molecule has 0 spiro atoms. The van der Waals surface area contributed by atoms with Gasteiger partial charge in [0, 0.05) is 5.56 Å². The normalized spacial score (nSPS) is 14.2. The zero-order chi connectivity index (χ0) is 13.4. The Morgan fingerprint density at radius 3 is 2.84 bits per heavy atom. The second kappa shape index (κ2) is 4.89. The molecule has 0 aliphatic heterocycles. The lowest BCUT2D eigenvalue weighted by molar-refractivity contribution is 0.412. The van der Waals surface area contributed by atoms with E-state index in [1.165, 1.54) is 24.0 Å². The van der Waals surface area contributed by atoms with Crippen LogP contribution in [0.25, 0.3) is 11.1 Å². The fraction of sp³-hybridized carbons (Fsp3) is 0.357. The maximum absolute atomic E-state index is 5.88. The van der Waals surface area contributed by atoms with E-state index in [4.69, 9.17) is 15.0 Å². The molecule has 1 aliphatic rings. The lowest BCUT2D eigenvalue weighted by Gasteiger charge is -2.22. The molecule has 0 atom stereocenters. The smallest absolute Gasteiger partial charge is 0.230 e. The van der Waals surface area contributed by atoms with Crippen molar-refractivity contribution in [3.05, 3.63) is 27.9 Å². The Morgan fingerprint density at radius 2 is 2.16 bits per heavy atom. The van der Waals surface area contributed by atoms with Gasteiger partial charge in [0.2, 0.25) is 5.88 Å². The lowest BCUT2D eigenvalue weighted by atomic mass is 9.86. The van der Waals surface area contributed by atoms with E-state index in [1.54, 1.807) is 13.3 Å². The van der Waals surface area contributed by atoms with Crippen LogP contribution in [0.3, 0.4) is 0 Å². The van der Waals surface area contributed by atoms with Gasteiger partial charge < -0.3 is 15.0 Å². The number of rotatable bonds is 2. The fourth-order valence-electron chi connectivity index (χ4n) is 2.77. The molecule has 1 aliphatic carbocycles. The molecule has 4 nitrogen and oxygen atoms in total. The maximum atomic E-state index is 5.88. The van der Waals surface area contributed by atoms with E-state index in [0.717, 1.165) is 34.2 Å². The van der Waals surface area contributed by atoms with Crippen LogP contribution in [0, 0.1) is 0 Å². The number of fused-ring (bicyclic) bond motifs is 1. The predicted molar refractivity (Wildman–Crippen MR) is 77.2 cm³/mol. The van der Waals surface area contributed by atoms with Crippen LogP contribution in [0.1, 0.15) is 24.0 Å². The van der Waals surface area contributed by atoms with Gasteiger partial charge in [0.15, 0.2) is 0 Å². The molecular formula is C14H15BrN2O2. The highest BCUT2D eigenvalue weighted by Crippen LogP contribution is 2.44. The molecule has 0 unspecified atom stereocenters. The van der Waals surface area contributed by atoms with Gasteiger partial charge in [-0.2, -0.15) is 0 Å². The van der Waals surface area contributed by atoms with Crippen molar-refractivity contribution in [3.63, 3.8) is 0 Å². The largest absolute Gasteiger partial charge is 0.495 e. The Bertz CT molecular complexity index is 622. The minimum absolute atomic E-state index is 0.337. The average molecular weight is 323 g/mol. The number of halogens is 1. The Hall–Kier alpha value is -1.49. The van der Waals surface area contributed by atoms with Crippen LogP contribution in [0.15, 0.2) is 21.3 Å². The zero-order valence-corrected chi connectivity index (χ0v) is 12.3. The Morgan fingerprint density at radius 1 is 1.37 bits per heavy atom. The molecule has 0 amide bonds. The molecule has 0 saturated heterocycles. The van der Waals surface area contributed by atoms with Gasteiger partial charge in [0.1, 0.15) is 5.75 Å². The summed E-state index contributed by atoms with van der Waals surface area (Å²) in [6.45, 7) is 0. The van der Waals surface area contributed by atoms with E-state index < -0.39 is 0 Å². The summed E-state index contributed by atoms with van der Waals surface area (Å²) in [5, 5.41) is 3.78. The van der Waals surface area contributed by atoms with Crippen molar-refractivity contribution in [2.45, 2.75) is 25.7 Å². The number of ether oxygens (including phenoxy) is 1. The van der Waals surface area contributed by atoms with Crippen molar-refractivity contribution in [1.82, 2.24) is 5.16 Å². The number of anilines is 1. The van der Waals surface area contributed by atoms with E-state index in [-0.39, 0.29) is 0 Å². The van der Waals surface area contributed by atoms with E-state index in [9.17, 15) is 0 Å². The van der Waals surface area contributed by atoms with Gasteiger partial charge >= 0.3 is 0 Å². The molecule has 1 aromatic heterocycles. The van der Waals surface area contributed by atoms with Crippen LogP contribution < -0.4 is 10.5 Å². The first-order valence-electron chi connectivity index (χ1n) is 6.31. The summed E-state index contributed by atoms with van der Waals surface area (Å²) in [6, 6.07) is 2.15. The molecule has 2 N–H and O–H groups in total. The van der Waals surface area contributed by atoms with Crippen LogP contribution in [-0.4, -0.2) is 12.3 Å². The second-order valence-corrected chi connectivity index (χ2v) is 5.57. The van der Waals surface area contributed by atoms with Crippen molar-refractivity contribution >= 4 is 21.8 Å². The van der Waals surface area contributed by atoms with Gasteiger partial charge in [0.05, 0.1) is 23.3 Å². The standard InChI is InChI=1S/C14H15BrN2O2/c1-18-13-11(15)6-8-4-2-3-5-9(8)12(13)10-7-17-19-14(10)16/h6-7H,2-5,16H2,1H3. The van der Waals surface area contributed by atoms with Crippen LogP contribution in [0.4, 0.5) is 5.88 Å². The van der Waals surface area contributed by atoms with E-state index in [2.05, 4.69) is 27.2 Å². The van der Waals surface area contributed by atoms with Crippen LogP contribution in [0.5, 0.6) is 5.75 Å². The molecule has 2 aromatic rings. The summed E-state index contributed by atoms with van der Waals surface area (Å²) in [7, 11) is 1.67. The third-order valence-corrected chi connectivity index (χ3v) is 4.22. The third kappa shape index (κ3) is 2.02. The first kappa shape index (κ1) is 12.5. The topological polar surface area (TPSA) is 61.3 Å². The number of nitrogens with zero attached hydrogens (tertiary/aromatic N) is 1. The van der Waals surface area contributed by atoms with Gasteiger partial charge in [-0.3, -0.25) is 0 Å². The Balaban J connectivity index is 2.31. The quantitative estimate of drug-likeness (QED) is 0.918. The maximum Gasteiger partial charge on any atom is 0.230 e. The van der Waals surface area contributed by atoms with Crippen LogP contribution >= 0.6 is 15.9 Å². The Labute approximate surface area is 120 Å². The van der Waals surface area contributed by atoms with E-state index >= 15 is 0 Å². The number of nitrogen functional groups attached to an aromatic ring is 1. The van der Waals surface area contributed by atoms with E-state index in [0.29, 0.717) is 5.88 Å². The van der Waals surface area contributed by atoms with Gasteiger partial charge in [-0.1, -0.05) is 5.16 Å². The molecule has 1 heterocycles. The van der Waals surface area contributed by atoms with E-state index in [1.807, 2.05) is 0 Å². The first-order valence-corrected chi connectivity index (χ1v) is 7.10. The number of hydrogen-bond donors (Lipinski definition) is 1. The molecule has 1 aromatic carbocycles. The number of benzene rings is 1. The number of hydrogen-bond acceptors (Lipinski definition) is 4. The molecule has 0 radical (unpaired) electrons. The van der Waals surface area contributed by atoms with Crippen LogP contribution in [-0.2, 0) is 12.8 Å². The summed E-state index contributed by atoms with van der Waals surface area (Å²) >= 11 is 3.58. The number of aryl methyl sites for hydroxylation is 1. The second-order valence-electron chi connectivity index (χ2n) is 4.72. The molecule has 5 heteroatoms. The summed E-state index contributed by atoms with van der Waals surface area (Å²) in [4.78, 5) is 0. The minimum atomic E-state index is 0.337. The highest BCUT2D eigenvalue weighted by atomic mass is 79.9. The highest BCUT2D eigenvalue weighted by molar-refractivity contribution is 9.10. The van der Waals surface area contributed by atoms with Gasteiger partial charge in [-0.05, 0) is 58.8 Å². The molecule has 100 valence electrons. The average Bonchev–Trinajstić information content (AvgIpc) is 2.83. The van der Waals surface area contributed by atoms with Gasteiger partial charge in [-0.25, -0.2) is 0 Å². The van der Waals surface area contributed by atoms with Gasteiger partial charge in [0.25, 0.3) is 0 Å². The van der Waals surface area contributed by atoms with Crippen molar-refractivity contribution in [2.24, 2.45) is 0 Å². The summed E-state index contributed by atoms with van der Waals surface area (Å²) in [6.07, 6.45) is 6.21. The summed E-state index contributed by atoms with van der Waals surface area (Å²) in [5.74, 6) is 1.14. The van der Waals surface area contributed by atoms with Crippen LogP contribution in [0.2, 0.25) is 0 Å². The predicted octanol–water partition coefficient (Wildman–Crippen LogP) is 3.57. The Kier molecular flexibility index (Phi) is 3.22. The molecule has 0 fully saturated rings. The summed E-state index contributed by atoms with van der Waals surface area (Å²) in [5.41, 5.74) is 10.4. The minimum Gasteiger partial charge on any atom is -0.495 e. The number of nitrogens with two attached hydrogens (primary N) is 1. The molecule has 0 saturated carbocycles. The highest BCUT2D eigenvalue weighted by Gasteiger charge is 2.24. The van der Waals surface area contributed by atoms with Crippen molar-refractivity contribution in [2.75, 3.05) is 12.8 Å².